The van der Waals surface area contributed by atoms with Crippen molar-refractivity contribution in [3.8, 4) is 5.75 Å². The third-order valence-corrected chi connectivity index (χ3v) is 7.00. The number of rotatable bonds is 6. The maximum atomic E-state index is 13.3. The fourth-order valence-electron chi connectivity index (χ4n) is 4.99. The number of Topliss-reactive ketones (excluding diaryl/α,β-unsaturated/α-hetero) is 1. The van der Waals surface area contributed by atoms with Gasteiger partial charge in [-0.2, -0.15) is 0 Å². The smallest absolute Gasteiger partial charge is 0.295 e. The molecule has 0 unspecified atom stereocenters. The minimum absolute atomic E-state index is 0.0447. The maximum absolute atomic E-state index is 13.3. The number of anilines is 1. The number of aromatic nitrogens is 1. The first kappa shape index (κ1) is 23.0. The van der Waals surface area contributed by atoms with Gasteiger partial charge in [-0.15, -0.1) is 0 Å². The number of hydrogen-bond acceptors (Lipinski definition) is 5. The van der Waals surface area contributed by atoms with Crippen LogP contribution in [0.25, 0.3) is 10.9 Å². The minimum Gasteiger partial charge on any atom is -0.497 e. The summed E-state index contributed by atoms with van der Waals surface area (Å²) in [6.45, 7) is 3.98. The van der Waals surface area contributed by atoms with Crippen LogP contribution in [0.1, 0.15) is 23.2 Å². The van der Waals surface area contributed by atoms with Crippen molar-refractivity contribution < 1.29 is 19.1 Å². The summed E-state index contributed by atoms with van der Waals surface area (Å²) in [6.07, 6.45) is 3.73. The quantitative estimate of drug-likeness (QED) is 0.406. The topological polar surface area (TPSA) is 75.1 Å². The average molecular weight is 475 g/mol. The Morgan fingerprint density at radius 1 is 0.829 bits per heavy atom. The molecule has 2 saturated heterocycles. The Kier molecular flexibility index (Phi) is 6.44. The molecular weight excluding hydrogens is 444 g/mol. The van der Waals surface area contributed by atoms with Crippen LogP contribution in [0.15, 0.2) is 54.7 Å². The number of fused-ring (bicyclic) bond motifs is 1. The number of benzene rings is 2. The second-order valence-corrected chi connectivity index (χ2v) is 9.08. The van der Waals surface area contributed by atoms with Gasteiger partial charge in [0.05, 0.1) is 12.7 Å². The van der Waals surface area contributed by atoms with Crippen molar-refractivity contribution in [3.05, 3.63) is 60.3 Å². The van der Waals surface area contributed by atoms with Gasteiger partial charge in [-0.1, -0.05) is 18.2 Å². The van der Waals surface area contributed by atoms with Crippen molar-refractivity contribution in [2.75, 3.05) is 51.3 Å². The summed E-state index contributed by atoms with van der Waals surface area (Å²) >= 11 is 0. The SMILES string of the molecule is COc1ccc(N2CCN(C(=O)C(=O)c3cn(CC(=O)N4CCCC4)c4ccccc34)CC2)cc1. The number of para-hydroxylation sites is 1. The standard InChI is InChI=1S/C27H30N4O4/c1-35-21-10-8-20(9-11-21)28-14-16-30(17-15-28)27(34)26(33)23-18-31(24-7-3-2-6-22(23)24)19-25(32)29-12-4-5-13-29/h2-3,6-11,18H,4-5,12-17,19H2,1H3. The number of carbonyl (C=O) groups is 3. The summed E-state index contributed by atoms with van der Waals surface area (Å²) in [5.41, 5.74) is 2.22. The lowest BCUT2D eigenvalue weighted by atomic mass is 10.1. The number of methoxy groups -OCH3 is 1. The van der Waals surface area contributed by atoms with Gasteiger partial charge in [-0.25, -0.2) is 0 Å². The summed E-state index contributed by atoms with van der Waals surface area (Å²) in [6, 6.07) is 15.3. The van der Waals surface area contributed by atoms with E-state index in [0.717, 1.165) is 42.9 Å². The molecular formula is C27H30N4O4. The van der Waals surface area contributed by atoms with E-state index in [2.05, 4.69) is 4.90 Å². The normalized spacial score (nSPS) is 16.1. The van der Waals surface area contributed by atoms with Crippen molar-refractivity contribution in [1.82, 2.24) is 14.4 Å². The predicted octanol–water partition coefficient (Wildman–Crippen LogP) is 2.80. The van der Waals surface area contributed by atoms with Crippen LogP contribution >= 0.6 is 0 Å². The van der Waals surface area contributed by atoms with Crippen molar-refractivity contribution >= 4 is 34.2 Å². The molecule has 2 amide bonds. The van der Waals surface area contributed by atoms with Crippen LogP contribution in [0.2, 0.25) is 0 Å². The van der Waals surface area contributed by atoms with Crippen LogP contribution < -0.4 is 9.64 Å². The molecule has 0 aliphatic carbocycles. The van der Waals surface area contributed by atoms with Gasteiger partial charge in [0.1, 0.15) is 12.3 Å². The van der Waals surface area contributed by atoms with Crippen molar-refractivity contribution in [2.24, 2.45) is 0 Å². The van der Waals surface area contributed by atoms with Gasteiger partial charge in [-0.3, -0.25) is 14.4 Å². The molecule has 0 N–H and O–H groups in total. The van der Waals surface area contributed by atoms with Gasteiger partial charge in [0.15, 0.2) is 0 Å². The molecule has 2 aliphatic heterocycles. The van der Waals surface area contributed by atoms with Crippen molar-refractivity contribution in [2.45, 2.75) is 19.4 Å². The van der Waals surface area contributed by atoms with Crippen LogP contribution in [0.3, 0.4) is 0 Å². The number of likely N-dealkylation sites (tertiary alicyclic amines) is 1. The molecule has 8 nitrogen and oxygen atoms in total. The van der Waals surface area contributed by atoms with E-state index in [1.54, 1.807) is 22.8 Å². The monoisotopic (exact) mass is 474 g/mol. The van der Waals surface area contributed by atoms with Gasteiger partial charge >= 0.3 is 0 Å². The Morgan fingerprint density at radius 2 is 1.51 bits per heavy atom. The third kappa shape index (κ3) is 4.60. The number of ether oxygens (including phenoxy) is 1. The molecule has 8 heteroatoms. The number of ketones is 1. The number of amides is 2. The molecule has 2 fully saturated rings. The molecule has 2 aromatic carbocycles. The van der Waals surface area contributed by atoms with Crippen molar-refractivity contribution in [3.63, 3.8) is 0 Å². The van der Waals surface area contributed by atoms with Crippen LogP contribution in [-0.4, -0.2) is 78.3 Å². The maximum Gasteiger partial charge on any atom is 0.295 e. The molecule has 3 aromatic rings. The molecule has 0 spiro atoms. The Balaban J connectivity index is 1.29. The zero-order valence-corrected chi connectivity index (χ0v) is 20.0. The van der Waals surface area contributed by atoms with Crippen molar-refractivity contribution in [1.29, 1.82) is 0 Å². The Morgan fingerprint density at radius 3 is 2.20 bits per heavy atom. The Labute approximate surface area is 204 Å². The molecule has 0 saturated carbocycles. The second-order valence-electron chi connectivity index (χ2n) is 9.08. The lowest BCUT2D eigenvalue weighted by Gasteiger charge is -2.35. The summed E-state index contributed by atoms with van der Waals surface area (Å²) in [5, 5.41) is 0.706. The predicted molar refractivity (Wildman–Crippen MR) is 134 cm³/mol. The number of hydrogen-bond donors (Lipinski definition) is 0. The van der Waals surface area contributed by atoms with E-state index < -0.39 is 11.7 Å². The summed E-state index contributed by atoms with van der Waals surface area (Å²) in [7, 11) is 1.64. The van der Waals surface area contributed by atoms with Crippen LogP contribution in [0.5, 0.6) is 5.75 Å². The molecule has 2 aliphatic rings. The van der Waals surface area contributed by atoms with Gasteiger partial charge in [0.2, 0.25) is 5.91 Å². The fraction of sp³-hybridized carbons (Fsp3) is 0.370. The zero-order chi connectivity index (χ0) is 24.4. The van der Waals surface area contributed by atoms with E-state index in [1.165, 1.54) is 0 Å². The van der Waals surface area contributed by atoms with Crippen LogP contribution in [0, 0.1) is 0 Å². The molecule has 1 aromatic heterocycles. The van der Waals surface area contributed by atoms with Gasteiger partial charge < -0.3 is 24.0 Å². The second kappa shape index (κ2) is 9.82. The highest BCUT2D eigenvalue weighted by Gasteiger charge is 2.29. The summed E-state index contributed by atoms with van der Waals surface area (Å²) < 4.78 is 7.02. The highest BCUT2D eigenvalue weighted by atomic mass is 16.5. The Hall–Kier alpha value is -3.81. The summed E-state index contributed by atoms with van der Waals surface area (Å²) in [4.78, 5) is 44.9. The lowest BCUT2D eigenvalue weighted by molar-refractivity contribution is -0.130. The van der Waals surface area contributed by atoms with E-state index in [4.69, 9.17) is 4.74 Å². The van der Waals surface area contributed by atoms with E-state index in [9.17, 15) is 14.4 Å². The largest absolute Gasteiger partial charge is 0.497 e. The first-order valence-corrected chi connectivity index (χ1v) is 12.1. The molecule has 0 bridgehead atoms. The first-order chi connectivity index (χ1) is 17.0. The highest BCUT2D eigenvalue weighted by molar-refractivity contribution is 6.44. The Bertz CT molecular complexity index is 1240. The number of nitrogens with zero attached hydrogens (tertiary/aromatic N) is 4. The average Bonchev–Trinajstić information content (AvgIpc) is 3.57. The molecule has 35 heavy (non-hydrogen) atoms. The van der Waals surface area contributed by atoms with E-state index in [1.807, 2.05) is 53.4 Å². The number of piperazine rings is 1. The highest BCUT2D eigenvalue weighted by Crippen LogP contribution is 2.24. The van der Waals surface area contributed by atoms with Crippen LogP contribution in [0.4, 0.5) is 5.69 Å². The molecule has 5 rings (SSSR count). The molecule has 182 valence electrons. The molecule has 3 heterocycles. The molecule has 0 atom stereocenters. The van der Waals surface area contributed by atoms with Crippen LogP contribution in [-0.2, 0) is 16.1 Å². The van der Waals surface area contributed by atoms with E-state index >= 15 is 0 Å². The minimum atomic E-state index is -0.522. The summed E-state index contributed by atoms with van der Waals surface area (Å²) in [5.74, 6) is -0.169. The van der Waals surface area contributed by atoms with Gasteiger partial charge in [-0.05, 0) is 43.2 Å². The van der Waals surface area contributed by atoms with Gasteiger partial charge in [0.25, 0.3) is 11.7 Å². The zero-order valence-electron chi connectivity index (χ0n) is 20.0. The molecule has 0 radical (unpaired) electrons. The van der Waals surface area contributed by atoms with E-state index in [0.29, 0.717) is 37.1 Å². The fourth-order valence-corrected chi connectivity index (χ4v) is 4.99. The first-order valence-electron chi connectivity index (χ1n) is 12.1. The van der Waals surface area contributed by atoms with Gasteiger partial charge in [0, 0.05) is 62.1 Å². The lowest BCUT2D eigenvalue weighted by Crippen LogP contribution is -2.50. The third-order valence-electron chi connectivity index (χ3n) is 7.00. The number of carbonyl (C=O) groups excluding carboxylic acids is 3. The van der Waals surface area contributed by atoms with E-state index in [-0.39, 0.29) is 12.5 Å².